The van der Waals surface area contributed by atoms with Gasteiger partial charge in [0.1, 0.15) is 0 Å². The van der Waals surface area contributed by atoms with E-state index in [9.17, 15) is 18.0 Å². The van der Waals surface area contributed by atoms with Gasteiger partial charge in [-0.15, -0.1) is 0 Å². The molecule has 0 unspecified atom stereocenters. The molecule has 31 heavy (non-hydrogen) atoms. The SMILES string of the molecule is Cc1cc(C)c2nc(N(Cc3ccccc3)C(=O)c3cccc(C(F)(F)F)c3)sc2c1. The van der Waals surface area contributed by atoms with Gasteiger partial charge in [0.05, 0.1) is 22.3 Å². The maximum absolute atomic E-state index is 13.4. The minimum Gasteiger partial charge on any atom is -0.279 e. The zero-order chi connectivity index (χ0) is 22.2. The number of benzene rings is 3. The van der Waals surface area contributed by atoms with Gasteiger partial charge in [0.2, 0.25) is 0 Å². The van der Waals surface area contributed by atoms with Crippen molar-refractivity contribution in [1.29, 1.82) is 0 Å². The number of fused-ring (bicyclic) bond motifs is 1. The summed E-state index contributed by atoms with van der Waals surface area (Å²) in [5.74, 6) is -0.525. The van der Waals surface area contributed by atoms with Gasteiger partial charge in [0, 0.05) is 5.56 Å². The molecule has 0 bridgehead atoms. The second-order valence-electron chi connectivity index (χ2n) is 7.38. The molecule has 0 saturated heterocycles. The van der Waals surface area contributed by atoms with Crippen molar-refractivity contribution in [3.05, 3.63) is 94.5 Å². The molecule has 0 aliphatic rings. The number of nitrogens with zero attached hydrogens (tertiary/aromatic N) is 2. The monoisotopic (exact) mass is 440 g/mol. The van der Waals surface area contributed by atoms with Crippen molar-refractivity contribution in [2.45, 2.75) is 26.6 Å². The second-order valence-corrected chi connectivity index (χ2v) is 8.39. The smallest absolute Gasteiger partial charge is 0.279 e. The van der Waals surface area contributed by atoms with Crippen LogP contribution in [0.1, 0.15) is 32.6 Å². The number of hydrogen-bond acceptors (Lipinski definition) is 3. The van der Waals surface area contributed by atoms with E-state index in [1.807, 2.05) is 56.3 Å². The molecule has 158 valence electrons. The molecule has 1 heterocycles. The molecule has 1 aromatic heterocycles. The van der Waals surface area contributed by atoms with Crippen molar-refractivity contribution in [2.75, 3.05) is 4.90 Å². The molecule has 0 spiro atoms. The number of alkyl halides is 3. The second kappa shape index (κ2) is 8.15. The van der Waals surface area contributed by atoms with Gasteiger partial charge in [0.15, 0.2) is 5.13 Å². The molecule has 3 nitrogen and oxygen atoms in total. The Kier molecular flexibility index (Phi) is 5.54. The predicted molar refractivity (Wildman–Crippen MR) is 117 cm³/mol. The molecule has 0 radical (unpaired) electrons. The third kappa shape index (κ3) is 4.46. The number of aryl methyl sites for hydroxylation is 2. The van der Waals surface area contributed by atoms with Gasteiger partial charge >= 0.3 is 6.18 Å². The summed E-state index contributed by atoms with van der Waals surface area (Å²) < 4.78 is 40.5. The molecule has 4 rings (SSSR count). The summed E-state index contributed by atoms with van der Waals surface area (Å²) in [6.07, 6.45) is -4.52. The number of carbonyl (C=O) groups excluding carboxylic acids is 1. The number of thiazole rings is 1. The molecule has 0 aliphatic carbocycles. The largest absolute Gasteiger partial charge is 0.416 e. The highest BCUT2D eigenvalue weighted by Gasteiger charge is 2.32. The fourth-order valence-electron chi connectivity index (χ4n) is 3.45. The first-order chi connectivity index (χ1) is 14.7. The zero-order valence-electron chi connectivity index (χ0n) is 16.9. The summed E-state index contributed by atoms with van der Waals surface area (Å²) in [4.78, 5) is 19.5. The molecule has 0 atom stereocenters. The van der Waals surface area contributed by atoms with Gasteiger partial charge < -0.3 is 0 Å². The molecule has 0 fully saturated rings. The van der Waals surface area contributed by atoms with Crippen molar-refractivity contribution in [3.8, 4) is 0 Å². The molecular formula is C24H19F3N2OS. The van der Waals surface area contributed by atoms with Crippen LogP contribution in [0.5, 0.6) is 0 Å². The highest BCUT2D eigenvalue weighted by atomic mass is 32.1. The van der Waals surface area contributed by atoms with Crippen LogP contribution in [0.25, 0.3) is 10.2 Å². The van der Waals surface area contributed by atoms with Crippen LogP contribution in [-0.2, 0) is 12.7 Å². The average Bonchev–Trinajstić information content (AvgIpc) is 3.16. The molecule has 0 aliphatic heterocycles. The Bertz CT molecular complexity index is 1250. The normalized spacial score (nSPS) is 11.6. The molecular weight excluding hydrogens is 421 g/mol. The predicted octanol–water partition coefficient (Wildman–Crippen LogP) is 6.78. The molecule has 3 aromatic carbocycles. The number of rotatable bonds is 4. The van der Waals surface area contributed by atoms with Gasteiger partial charge in [-0.05, 0) is 54.8 Å². The molecule has 1 amide bonds. The van der Waals surface area contributed by atoms with Gasteiger partial charge in [-0.1, -0.05) is 53.8 Å². The quantitative estimate of drug-likeness (QED) is 0.350. The number of halogens is 3. The molecule has 0 saturated carbocycles. The molecule has 0 N–H and O–H groups in total. The number of anilines is 1. The Morgan fingerprint density at radius 1 is 1.00 bits per heavy atom. The maximum atomic E-state index is 13.4. The molecule has 4 aromatic rings. The third-order valence-corrected chi connectivity index (χ3v) is 5.94. The van der Waals surface area contributed by atoms with Crippen molar-refractivity contribution < 1.29 is 18.0 Å². The highest BCUT2D eigenvalue weighted by Crippen LogP contribution is 2.34. The van der Waals surface area contributed by atoms with Crippen LogP contribution >= 0.6 is 11.3 Å². The minimum atomic E-state index is -4.52. The first-order valence-corrected chi connectivity index (χ1v) is 10.4. The van der Waals surface area contributed by atoms with Crippen LogP contribution in [0.4, 0.5) is 18.3 Å². The summed E-state index contributed by atoms with van der Waals surface area (Å²) >= 11 is 1.36. The number of aromatic nitrogens is 1. The summed E-state index contributed by atoms with van der Waals surface area (Å²) in [5.41, 5.74) is 2.84. The highest BCUT2D eigenvalue weighted by molar-refractivity contribution is 7.22. The number of carbonyl (C=O) groups is 1. The summed E-state index contributed by atoms with van der Waals surface area (Å²) in [7, 11) is 0. The van der Waals surface area contributed by atoms with E-state index >= 15 is 0 Å². The minimum absolute atomic E-state index is 0.0297. The van der Waals surface area contributed by atoms with E-state index < -0.39 is 17.6 Å². The summed E-state index contributed by atoms with van der Waals surface area (Å²) in [6.45, 7) is 4.14. The first kappa shape index (κ1) is 21.1. The van der Waals surface area contributed by atoms with Crippen molar-refractivity contribution in [1.82, 2.24) is 4.98 Å². The standard InChI is InChI=1S/C24H19F3N2OS/c1-15-11-16(2)21-20(12-15)31-23(28-21)29(14-17-7-4-3-5-8-17)22(30)18-9-6-10-19(13-18)24(25,26)27/h3-13H,14H2,1-2H3. The first-order valence-electron chi connectivity index (χ1n) is 9.63. The Morgan fingerprint density at radius 2 is 1.74 bits per heavy atom. The Balaban J connectivity index is 1.80. The van der Waals surface area contributed by atoms with E-state index in [0.29, 0.717) is 5.13 Å². The van der Waals surface area contributed by atoms with E-state index in [2.05, 4.69) is 4.98 Å². The Morgan fingerprint density at radius 3 is 2.45 bits per heavy atom. The molecule has 7 heteroatoms. The Labute approximate surface area is 181 Å². The fraction of sp³-hybridized carbons (Fsp3) is 0.167. The summed E-state index contributed by atoms with van der Waals surface area (Å²) in [5, 5.41) is 0.454. The lowest BCUT2D eigenvalue weighted by Gasteiger charge is -2.20. The van der Waals surface area contributed by atoms with E-state index in [1.54, 1.807) is 0 Å². The van der Waals surface area contributed by atoms with E-state index in [0.717, 1.165) is 39.0 Å². The topological polar surface area (TPSA) is 33.2 Å². The van der Waals surface area contributed by atoms with Crippen LogP contribution < -0.4 is 4.90 Å². The fourth-order valence-corrected chi connectivity index (χ4v) is 4.59. The maximum Gasteiger partial charge on any atom is 0.416 e. The zero-order valence-corrected chi connectivity index (χ0v) is 17.7. The van der Waals surface area contributed by atoms with Gasteiger partial charge in [0.25, 0.3) is 5.91 Å². The van der Waals surface area contributed by atoms with E-state index in [-0.39, 0.29) is 12.1 Å². The third-order valence-electron chi connectivity index (χ3n) is 4.91. The van der Waals surface area contributed by atoms with Crippen molar-refractivity contribution in [2.24, 2.45) is 0 Å². The van der Waals surface area contributed by atoms with E-state index in [4.69, 9.17) is 0 Å². The number of hydrogen-bond donors (Lipinski definition) is 0. The van der Waals surface area contributed by atoms with Crippen molar-refractivity contribution >= 4 is 32.6 Å². The Hall–Kier alpha value is -3.19. The summed E-state index contributed by atoms with van der Waals surface area (Å²) in [6, 6.07) is 17.8. The van der Waals surface area contributed by atoms with Crippen molar-refractivity contribution in [3.63, 3.8) is 0 Å². The van der Waals surface area contributed by atoms with Crippen LogP contribution in [0.15, 0.2) is 66.7 Å². The number of amides is 1. The average molecular weight is 440 g/mol. The lowest BCUT2D eigenvalue weighted by molar-refractivity contribution is -0.137. The van der Waals surface area contributed by atoms with E-state index in [1.165, 1.54) is 28.4 Å². The van der Waals surface area contributed by atoms with Crippen LogP contribution in [0.3, 0.4) is 0 Å². The lowest BCUT2D eigenvalue weighted by Crippen LogP contribution is -2.30. The lowest BCUT2D eigenvalue weighted by atomic mass is 10.1. The van der Waals surface area contributed by atoms with Gasteiger partial charge in [-0.3, -0.25) is 9.69 Å². The van der Waals surface area contributed by atoms with Crippen LogP contribution in [-0.4, -0.2) is 10.9 Å². The van der Waals surface area contributed by atoms with Gasteiger partial charge in [-0.25, -0.2) is 4.98 Å². The van der Waals surface area contributed by atoms with Crippen LogP contribution in [0.2, 0.25) is 0 Å². The van der Waals surface area contributed by atoms with Crippen LogP contribution in [0, 0.1) is 13.8 Å². The van der Waals surface area contributed by atoms with Gasteiger partial charge in [-0.2, -0.15) is 13.2 Å².